The van der Waals surface area contributed by atoms with Crippen molar-refractivity contribution in [3.05, 3.63) is 43.9 Å². The summed E-state index contributed by atoms with van der Waals surface area (Å²) in [7, 11) is 2.87. The van der Waals surface area contributed by atoms with Crippen LogP contribution in [0.5, 0.6) is 11.5 Å². The van der Waals surface area contributed by atoms with Crippen LogP contribution in [0.15, 0.2) is 17.5 Å². The molecule has 0 saturated carbocycles. The summed E-state index contributed by atoms with van der Waals surface area (Å²) in [5.74, 6) is 0.347. The van der Waals surface area contributed by atoms with E-state index in [9.17, 15) is 14.9 Å². The van der Waals surface area contributed by atoms with E-state index in [0.717, 1.165) is 5.01 Å². The minimum absolute atomic E-state index is 0. The molecule has 0 fully saturated rings. The molecule has 0 aliphatic carbocycles. The van der Waals surface area contributed by atoms with Gasteiger partial charge in [-0.05, 0) is 19.0 Å². The number of nitrogens with zero attached hydrogens (tertiary/aromatic N) is 2. The third-order valence-corrected chi connectivity index (χ3v) is 4.51. The monoisotopic (exact) mass is 416 g/mol. The fourth-order valence-corrected chi connectivity index (χ4v) is 3.13. The molecule has 2 rings (SSSR count). The van der Waals surface area contributed by atoms with E-state index in [1.807, 2.05) is 0 Å². The first-order chi connectivity index (χ1) is 12.5. The molecule has 0 atom stereocenters. The first kappa shape index (κ1) is 22.6. The number of carbonyl (C=O) groups is 1. The maximum absolute atomic E-state index is 12.1. The predicted octanol–water partition coefficient (Wildman–Crippen LogP) is 1.96. The van der Waals surface area contributed by atoms with Crippen molar-refractivity contribution >= 4 is 35.3 Å². The quantitative estimate of drug-likeness (QED) is 0.472. The van der Waals surface area contributed by atoms with Crippen LogP contribution in [0, 0.1) is 10.1 Å². The Morgan fingerprint density at radius 3 is 2.56 bits per heavy atom. The topological polar surface area (TPSA) is 130 Å². The largest absolute Gasteiger partial charge is 0.493 e. The number of rotatable bonds is 9. The summed E-state index contributed by atoms with van der Waals surface area (Å²) >= 11 is 1.38. The number of aromatic nitrogens is 1. The molecule has 27 heavy (non-hydrogen) atoms. The molecule has 0 bridgehead atoms. The number of benzene rings is 1. The molecule has 148 valence electrons. The average molecular weight is 417 g/mol. The van der Waals surface area contributed by atoms with Crippen LogP contribution in [0.1, 0.15) is 21.1 Å². The highest BCUT2D eigenvalue weighted by molar-refractivity contribution is 7.09. The molecular formula is C16H21ClN4O5S. The first-order valence-electron chi connectivity index (χ1n) is 7.82. The molecule has 1 aromatic heterocycles. The lowest BCUT2D eigenvalue weighted by Gasteiger charge is -2.11. The van der Waals surface area contributed by atoms with Gasteiger partial charge in [0, 0.05) is 23.9 Å². The van der Waals surface area contributed by atoms with Gasteiger partial charge in [-0.15, -0.1) is 23.7 Å². The summed E-state index contributed by atoms with van der Waals surface area (Å²) in [6.45, 7) is 0.691. The van der Waals surface area contributed by atoms with Crippen molar-refractivity contribution in [2.45, 2.75) is 12.8 Å². The molecule has 0 aliphatic rings. The maximum atomic E-state index is 12.1. The van der Waals surface area contributed by atoms with Crippen LogP contribution in [-0.4, -0.2) is 43.1 Å². The number of hydrogen-bond acceptors (Lipinski definition) is 8. The fraction of sp³-hybridized carbons (Fsp3) is 0.375. The highest BCUT2D eigenvalue weighted by Gasteiger charge is 2.19. The zero-order valence-corrected chi connectivity index (χ0v) is 16.5. The first-order valence-corrected chi connectivity index (χ1v) is 8.70. The minimum Gasteiger partial charge on any atom is -0.493 e. The van der Waals surface area contributed by atoms with E-state index in [4.69, 9.17) is 15.2 Å². The summed E-state index contributed by atoms with van der Waals surface area (Å²) in [6.07, 6.45) is 0.887. The number of nitro groups is 1. The van der Waals surface area contributed by atoms with Crippen molar-refractivity contribution in [2.75, 3.05) is 27.3 Å². The van der Waals surface area contributed by atoms with Gasteiger partial charge in [0.2, 0.25) is 0 Å². The van der Waals surface area contributed by atoms with Gasteiger partial charge in [0.1, 0.15) is 5.69 Å². The molecular weight excluding hydrogens is 396 g/mol. The van der Waals surface area contributed by atoms with Crippen LogP contribution in [0.2, 0.25) is 0 Å². The highest BCUT2D eigenvalue weighted by Crippen LogP contribution is 2.34. The number of nitro benzene ring substituents is 1. The fourth-order valence-electron chi connectivity index (χ4n) is 2.34. The van der Waals surface area contributed by atoms with Crippen molar-refractivity contribution in [2.24, 2.45) is 5.73 Å². The van der Waals surface area contributed by atoms with E-state index < -0.39 is 4.92 Å². The van der Waals surface area contributed by atoms with Gasteiger partial charge in [0.15, 0.2) is 11.5 Å². The van der Waals surface area contributed by atoms with Gasteiger partial charge in [0.25, 0.3) is 11.6 Å². The van der Waals surface area contributed by atoms with E-state index in [1.54, 1.807) is 11.4 Å². The SMILES string of the molecule is COc1cc(CCNC(=O)c2csc(CCN)n2)c([N+](=O)[O-])cc1OC.Cl. The van der Waals surface area contributed by atoms with Crippen molar-refractivity contribution in [1.29, 1.82) is 0 Å². The number of ether oxygens (including phenoxy) is 2. The Balaban J connectivity index is 0.00000364. The number of carbonyl (C=O) groups excluding carboxylic acids is 1. The van der Waals surface area contributed by atoms with Crippen molar-refractivity contribution in [1.82, 2.24) is 10.3 Å². The van der Waals surface area contributed by atoms with Crippen LogP contribution in [-0.2, 0) is 12.8 Å². The predicted molar refractivity (Wildman–Crippen MR) is 104 cm³/mol. The van der Waals surface area contributed by atoms with Gasteiger partial charge in [-0.2, -0.15) is 0 Å². The number of methoxy groups -OCH3 is 2. The van der Waals surface area contributed by atoms with Crippen LogP contribution in [0.3, 0.4) is 0 Å². The molecule has 1 heterocycles. The Morgan fingerprint density at radius 1 is 1.30 bits per heavy atom. The number of thiazole rings is 1. The van der Waals surface area contributed by atoms with E-state index in [2.05, 4.69) is 10.3 Å². The number of amides is 1. The Morgan fingerprint density at radius 2 is 1.96 bits per heavy atom. The molecule has 0 radical (unpaired) electrons. The van der Waals surface area contributed by atoms with Crippen molar-refractivity contribution in [3.8, 4) is 11.5 Å². The number of nitrogens with one attached hydrogen (secondary N) is 1. The minimum atomic E-state index is -0.487. The van der Waals surface area contributed by atoms with Crippen LogP contribution in [0.4, 0.5) is 5.69 Å². The number of hydrogen-bond donors (Lipinski definition) is 2. The summed E-state index contributed by atoms with van der Waals surface area (Å²) in [6, 6.07) is 2.86. The summed E-state index contributed by atoms with van der Waals surface area (Å²) in [5, 5.41) is 16.5. The maximum Gasteiger partial charge on any atom is 0.276 e. The van der Waals surface area contributed by atoms with E-state index in [1.165, 1.54) is 31.6 Å². The Labute approximate surface area is 166 Å². The number of nitrogens with two attached hydrogens (primary N) is 1. The molecule has 0 spiro atoms. The molecule has 0 aliphatic heterocycles. The molecule has 0 unspecified atom stereocenters. The molecule has 2 aromatic rings. The van der Waals surface area contributed by atoms with Crippen molar-refractivity contribution < 1.29 is 19.2 Å². The van der Waals surface area contributed by atoms with Crippen LogP contribution >= 0.6 is 23.7 Å². The smallest absolute Gasteiger partial charge is 0.276 e. The molecule has 0 saturated heterocycles. The average Bonchev–Trinajstić information content (AvgIpc) is 3.10. The molecule has 3 N–H and O–H groups in total. The van der Waals surface area contributed by atoms with E-state index in [0.29, 0.717) is 30.0 Å². The van der Waals surface area contributed by atoms with Gasteiger partial charge in [0.05, 0.1) is 30.2 Å². The van der Waals surface area contributed by atoms with E-state index >= 15 is 0 Å². The zero-order chi connectivity index (χ0) is 19.1. The summed E-state index contributed by atoms with van der Waals surface area (Å²) < 4.78 is 10.3. The standard InChI is InChI=1S/C16H20N4O5S.ClH/c1-24-13-7-10(12(20(22)23)8-14(13)25-2)4-6-18-16(21)11-9-26-15(19-11)3-5-17;/h7-9H,3-6,17H2,1-2H3,(H,18,21);1H. The van der Waals surface area contributed by atoms with E-state index in [-0.39, 0.29) is 42.7 Å². The van der Waals surface area contributed by atoms with Gasteiger partial charge in [-0.3, -0.25) is 14.9 Å². The van der Waals surface area contributed by atoms with Gasteiger partial charge >= 0.3 is 0 Å². The normalized spacial score (nSPS) is 10.0. The second-order valence-corrected chi connectivity index (χ2v) is 6.21. The lowest BCUT2D eigenvalue weighted by molar-refractivity contribution is -0.385. The Hall–Kier alpha value is -2.43. The summed E-state index contributed by atoms with van der Waals surface area (Å²) in [5.41, 5.74) is 6.14. The lowest BCUT2D eigenvalue weighted by Crippen LogP contribution is -2.26. The Bertz CT molecular complexity index is 799. The second-order valence-electron chi connectivity index (χ2n) is 5.26. The number of halogens is 1. The second kappa shape index (κ2) is 10.7. The molecule has 9 nitrogen and oxygen atoms in total. The zero-order valence-electron chi connectivity index (χ0n) is 14.9. The molecule has 11 heteroatoms. The van der Waals surface area contributed by atoms with Crippen molar-refractivity contribution in [3.63, 3.8) is 0 Å². The lowest BCUT2D eigenvalue weighted by atomic mass is 10.1. The van der Waals surface area contributed by atoms with Gasteiger partial charge in [-0.1, -0.05) is 0 Å². The van der Waals surface area contributed by atoms with Gasteiger partial charge in [-0.25, -0.2) is 4.98 Å². The Kier molecular flexibility index (Phi) is 8.92. The third kappa shape index (κ3) is 5.78. The third-order valence-electron chi connectivity index (χ3n) is 3.60. The summed E-state index contributed by atoms with van der Waals surface area (Å²) in [4.78, 5) is 27.1. The van der Waals surface area contributed by atoms with Gasteiger partial charge < -0.3 is 20.5 Å². The molecule has 1 aromatic carbocycles. The van der Waals surface area contributed by atoms with Crippen LogP contribution in [0.25, 0.3) is 0 Å². The molecule has 1 amide bonds. The van der Waals surface area contributed by atoms with Crippen LogP contribution < -0.4 is 20.5 Å². The highest BCUT2D eigenvalue weighted by atomic mass is 35.5.